The van der Waals surface area contributed by atoms with Crippen LogP contribution in [-0.4, -0.2) is 20.3 Å². The molecule has 3 aliphatic rings. The first-order chi connectivity index (χ1) is 5.88. The summed E-state index contributed by atoms with van der Waals surface area (Å²) in [7, 11) is 4.00. The Kier molecular flexibility index (Phi) is 1.01. The molecule has 1 nitrogen and oxygen atoms in total. The number of allylic oxidation sites excluding steroid dienone is 6. The minimum absolute atomic E-state index is 0.176. The maximum absolute atomic E-state index is 11.6. The minimum Gasteiger partial charge on any atom is -0.289 e. The second kappa shape index (κ2) is 1.92. The van der Waals surface area contributed by atoms with Crippen molar-refractivity contribution in [3.8, 4) is 0 Å². The van der Waals surface area contributed by atoms with Crippen molar-refractivity contribution in [2.24, 2.45) is 0 Å². The average molecular weight is 150 g/mol. The van der Waals surface area contributed by atoms with Crippen LogP contribution in [0.2, 0.25) is 0 Å². The van der Waals surface area contributed by atoms with Gasteiger partial charge in [0.2, 0.25) is 0 Å². The lowest BCUT2D eigenvalue weighted by atomic mass is 9.58. The zero-order valence-electron chi connectivity index (χ0n) is 6.37. The summed E-state index contributed by atoms with van der Waals surface area (Å²) < 4.78 is 0. The van der Waals surface area contributed by atoms with Gasteiger partial charge in [0, 0.05) is 11.1 Å². The standard InChI is InChI=1S/C9H4B2O/c12-9-5-1-3-10-7(5)8-6(9)2-4-11-8/h1-4H. The molecule has 2 aliphatic heterocycles. The molecule has 3 rings (SSSR count). The molecule has 0 atom stereocenters. The Balaban J connectivity index is 2.20. The van der Waals surface area contributed by atoms with E-state index in [1.54, 1.807) is 0 Å². The monoisotopic (exact) mass is 150 g/mol. The third-order valence-electron chi connectivity index (χ3n) is 2.41. The van der Waals surface area contributed by atoms with E-state index in [1.807, 2.05) is 38.7 Å². The first kappa shape index (κ1) is 6.30. The summed E-state index contributed by atoms with van der Waals surface area (Å²) in [6, 6.07) is 0. The summed E-state index contributed by atoms with van der Waals surface area (Å²) in [4.78, 5) is 11.6. The molecule has 0 fully saturated rings. The quantitative estimate of drug-likeness (QED) is 0.460. The largest absolute Gasteiger partial charge is 0.289 e. The van der Waals surface area contributed by atoms with Crippen LogP contribution in [0.1, 0.15) is 0 Å². The Morgan fingerprint density at radius 2 is 1.42 bits per heavy atom. The van der Waals surface area contributed by atoms with E-state index in [4.69, 9.17) is 0 Å². The minimum atomic E-state index is 0.176. The highest BCUT2D eigenvalue weighted by molar-refractivity contribution is 6.68. The molecule has 2 heterocycles. The molecule has 52 valence electrons. The van der Waals surface area contributed by atoms with Gasteiger partial charge in [-0.05, 0) is 0 Å². The molecule has 12 heavy (non-hydrogen) atoms. The van der Waals surface area contributed by atoms with Crippen LogP contribution in [0, 0.1) is 0 Å². The molecule has 0 aromatic rings. The molecular weight excluding hydrogens is 146 g/mol. The molecule has 0 aromatic heterocycles. The van der Waals surface area contributed by atoms with Crippen molar-refractivity contribution in [3.63, 3.8) is 0 Å². The van der Waals surface area contributed by atoms with E-state index < -0.39 is 0 Å². The number of hydrogen-bond donors (Lipinski definition) is 0. The van der Waals surface area contributed by atoms with Gasteiger partial charge in [0.15, 0.2) is 20.3 Å². The Morgan fingerprint density at radius 3 is 1.92 bits per heavy atom. The predicted octanol–water partition coefficient (Wildman–Crippen LogP) is 0.540. The lowest BCUT2D eigenvalue weighted by molar-refractivity contribution is -0.111. The van der Waals surface area contributed by atoms with Crippen LogP contribution >= 0.6 is 0 Å². The predicted molar refractivity (Wildman–Crippen MR) is 48.8 cm³/mol. The lowest BCUT2D eigenvalue weighted by Crippen LogP contribution is -1.97. The number of Topliss-reactive ketones (excluding diaryl/α,β-unsaturated/α-hetero) is 1. The molecule has 0 amide bonds. The average Bonchev–Trinajstić information content (AvgIpc) is 2.72. The first-order valence-corrected chi connectivity index (χ1v) is 3.94. The lowest BCUT2D eigenvalue weighted by Gasteiger charge is -1.96. The van der Waals surface area contributed by atoms with E-state index in [-0.39, 0.29) is 5.78 Å². The van der Waals surface area contributed by atoms with Crippen molar-refractivity contribution < 1.29 is 4.79 Å². The number of rotatable bonds is 0. The van der Waals surface area contributed by atoms with Crippen LogP contribution in [-0.2, 0) is 4.79 Å². The number of fused-ring (bicyclic) bond motifs is 1. The highest BCUT2D eigenvalue weighted by Crippen LogP contribution is 2.35. The topological polar surface area (TPSA) is 17.1 Å². The highest BCUT2D eigenvalue weighted by Gasteiger charge is 2.32. The van der Waals surface area contributed by atoms with E-state index >= 15 is 0 Å². The Morgan fingerprint density at radius 1 is 0.917 bits per heavy atom. The van der Waals surface area contributed by atoms with E-state index in [0.717, 1.165) is 22.1 Å². The number of carbonyl (C=O) groups is 1. The van der Waals surface area contributed by atoms with Gasteiger partial charge in [0.25, 0.3) is 0 Å². The normalized spacial score (nSPS) is 23.2. The fourth-order valence-electron chi connectivity index (χ4n) is 1.85. The second-order valence-corrected chi connectivity index (χ2v) is 3.04. The maximum Gasteiger partial charge on any atom is 0.191 e. The molecule has 1 aliphatic carbocycles. The van der Waals surface area contributed by atoms with E-state index in [1.165, 1.54) is 0 Å². The summed E-state index contributed by atoms with van der Waals surface area (Å²) in [5, 5.41) is 0. The number of carbonyl (C=O) groups excluding carboxylic acids is 1. The summed E-state index contributed by atoms with van der Waals surface area (Å²) in [5.41, 5.74) is 3.92. The van der Waals surface area contributed by atoms with Crippen LogP contribution in [0.5, 0.6) is 0 Å². The van der Waals surface area contributed by atoms with E-state index in [2.05, 4.69) is 0 Å². The van der Waals surface area contributed by atoms with Crippen LogP contribution in [0.3, 0.4) is 0 Å². The molecular formula is C9H4B2O. The molecule has 0 saturated carbocycles. The molecule has 0 aromatic carbocycles. The van der Waals surface area contributed by atoms with Gasteiger partial charge in [0.1, 0.15) is 0 Å². The SMILES string of the molecule is O=C1C2=C([B]C=C2)C2=C1C=C[B]2. The van der Waals surface area contributed by atoms with Gasteiger partial charge in [-0.25, -0.2) is 0 Å². The zero-order valence-corrected chi connectivity index (χ0v) is 6.37. The summed E-state index contributed by atoms with van der Waals surface area (Å²) in [5.74, 6) is 4.03. The van der Waals surface area contributed by atoms with Gasteiger partial charge in [0.05, 0.1) is 0 Å². The molecule has 2 radical (unpaired) electrons. The first-order valence-electron chi connectivity index (χ1n) is 3.94. The van der Waals surface area contributed by atoms with E-state index in [9.17, 15) is 4.79 Å². The van der Waals surface area contributed by atoms with Gasteiger partial charge < -0.3 is 0 Å². The fraction of sp³-hybridized carbons (Fsp3) is 0. The third kappa shape index (κ3) is 0.557. The van der Waals surface area contributed by atoms with Crippen molar-refractivity contribution in [1.29, 1.82) is 0 Å². The Hall–Kier alpha value is -1.24. The van der Waals surface area contributed by atoms with Crippen LogP contribution in [0.25, 0.3) is 0 Å². The van der Waals surface area contributed by atoms with Gasteiger partial charge in [-0.15, -0.1) is 12.0 Å². The number of ketones is 1. The van der Waals surface area contributed by atoms with E-state index in [0.29, 0.717) is 0 Å². The highest BCUT2D eigenvalue weighted by atomic mass is 16.1. The maximum atomic E-state index is 11.6. The molecule has 0 N–H and O–H groups in total. The van der Waals surface area contributed by atoms with Crippen molar-refractivity contribution in [1.82, 2.24) is 0 Å². The number of hydrogen-bond acceptors (Lipinski definition) is 1. The van der Waals surface area contributed by atoms with Crippen LogP contribution < -0.4 is 0 Å². The van der Waals surface area contributed by atoms with Crippen molar-refractivity contribution in [3.05, 3.63) is 46.2 Å². The van der Waals surface area contributed by atoms with Crippen molar-refractivity contribution >= 4 is 20.3 Å². The van der Waals surface area contributed by atoms with Gasteiger partial charge in [-0.2, -0.15) is 0 Å². The fourth-order valence-corrected chi connectivity index (χ4v) is 1.85. The molecule has 0 unspecified atom stereocenters. The molecule has 0 saturated heterocycles. The van der Waals surface area contributed by atoms with Gasteiger partial charge >= 0.3 is 0 Å². The second-order valence-electron chi connectivity index (χ2n) is 3.04. The molecule has 3 heteroatoms. The Bertz CT molecular complexity index is 372. The Labute approximate surface area is 72.0 Å². The summed E-state index contributed by atoms with van der Waals surface area (Å²) in [6.07, 6.45) is 3.77. The molecule has 0 bridgehead atoms. The third-order valence-corrected chi connectivity index (χ3v) is 2.41. The van der Waals surface area contributed by atoms with Crippen molar-refractivity contribution in [2.45, 2.75) is 0 Å². The van der Waals surface area contributed by atoms with Gasteiger partial charge in [-0.3, -0.25) is 4.79 Å². The summed E-state index contributed by atoms with van der Waals surface area (Å²) >= 11 is 0. The van der Waals surface area contributed by atoms with Crippen LogP contribution in [0.15, 0.2) is 46.2 Å². The zero-order chi connectivity index (χ0) is 8.13. The summed E-state index contributed by atoms with van der Waals surface area (Å²) in [6.45, 7) is 0. The smallest absolute Gasteiger partial charge is 0.191 e. The van der Waals surface area contributed by atoms with Gasteiger partial charge in [-0.1, -0.05) is 23.1 Å². The molecule has 0 spiro atoms. The van der Waals surface area contributed by atoms with Crippen molar-refractivity contribution in [2.75, 3.05) is 0 Å². The van der Waals surface area contributed by atoms with Crippen LogP contribution in [0.4, 0.5) is 0 Å².